The molecule has 0 unspecified atom stereocenters. The van der Waals surface area contributed by atoms with Crippen LogP contribution in [0.5, 0.6) is 0 Å². The van der Waals surface area contributed by atoms with Gasteiger partial charge in [0.1, 0.15) is 5.70 Å². The molecule has 0 amide bonds. The summed E-state index contributed by atoms with van der Waals surface area (Å²) in [5.74, 6) is 0. The fraction of sp³-hybridized carbons (Fsp3) is 0.100. The Hall–Kier alpha value is -1.97. The van der Waals surface area contributed by atoms with E-state index in [-0.39, 0.29) is 5.70 Å². The van der Waals surface area contributed by atoms with Crippen LogP contribution in [-0.4, -0.2) is 17.0 Å². The lowest BCUT2D eigenvalue weighted by atomic mass is 10.2. The minimum absolute atomic E-state index is 0.214. The minimum Gasteiger partial charge on any atom is -0.403 e. The van der Waals surface area contributed by atoms with Crippen LogP contribution >= 0.6 is 0 Å². The Labute approximate surface area is 82.2 Å². The number of rotatable bonds is 3. The fourth-order valence-corrected chi connectivity index (χ4v) is 0.938. The van der Waals surface area contributed by atoms with Crippen LogP contribution in [0.25, 0.3) is 0 Å². The van der Waals surface area contributed by atoms with E-state index in [4.69, 9.17) is 5.73 Å². The molecule has 0 saturated heterocycles. The maximum absolute atomic E-state index is 10.4. The molecular weight excluding hydrogens is 178 g/mol. The number of aliphatic imine (C=N–C) groups is 1. The van der Waals surface area contributed by atoms with Crippen molar-refractivity contribution in [3.05, 3.63) is 42.0 Å². The first-order valence-electron chi connectivity index (χ1n) is 4.10. The molecule has 4 heteroatoms. The van der Waals surface area contributed by atoms with Gasteiger partial charge in [0.15, 0.2) is 6.29 Å². The quantitative estimate of drug-likeness (QED) is 0.436. The zero-order valence-electron chi connectivity index (χ0n) is 7.84. The maximum atomic E-state index is 10.4. The Morgan fingerprint density at radius 1 is 1.64 bits per heavy atom. The molecule has 0 spiro atoms. The molecule has 1 aromatic heterocycles. The van der Waals surface area contributed by atoms with Crippen molar-refractivity contribution in [1.82, 2.24) is 4.98 Å². The third-order valence-electron chi connectivity index (χ3n) is 1.67. The van der Waals surface area contributed by atoms with Gasteiger partial charge in [-0.2, -0.15) is 0 Å². The average molecular weight is 189 g/mol. The third kappa shape index (κ3) is 2.52. The number of hydrogen-bond acceptors (Lipinski definition) is 4. The summed E-state index contributed by atoms with van der Waals surface area (Å²) in [5, 5.41) is 0. The molecule has 0 aliphatic rings. The molecule has 0 aromatic carbocycles. The molecule has 1 heterocycles. The Bertz CT molecular complexity index is 368. The van der Waals surface area contributed by atoms with E-state index in [0.717, 1.165) is 5.56 Å². The fourth-order valence-electron chi connectivity index (χ4n) is 0.938. The van der Waals surface area contributed by atoms with Crippen LogP contribution in [0.15, 0.2) is 41.4 Å². The van der Waals surface area contributed by atoms with E-state index in [1.54, 1.807) is 25.4 Å². The standard InChI is InChI=1S/C10H11N3O/c1-8(13-10(5-11)7-14)9-3-2-4-12-6-9/h2-7H,11H2,1H3/b10-5+,13-8+. The summed E-state index contributed by atoms with van der Waals surface area (Å²) >= 11 is 0. The number of pyridine rings is 1. The number of aromatic nitrogens is 1. The Morgan fingerprint density at radius 2 is 2.43 bits per heavy atom. The molecule has 0 fully saturated rings. The largest absolute Gasteiger partial charge is 0.403 e. The van der Waals surface area contributed by atoms with E-state index in [1.165, 1.54) is 6.20 Å². The van der Waals surface area contributed by atoms with Crippen LogP contribution < -0.4 is 5.73 Å². The predicted octanol–water partition coefficient (Wildman–Crippen LogP) is 0.890. The van der Waals surface area contributed by atoms with Crippen molar-refractivity contribution in [2.24, 2.45) is 10.7 Å². The predicted molar refractivity (Wildman–Crippen MR) is 54.8 cm³/mol. The highest BCUT2D eigenvalue weighted by molar-refractivity contribution is 6.00. The normalized spacial score (nSPS) is 12.6. The smallest absolute Gasteiger partial charge is 0.169 e. The van der Waals surface area contributed by atoms with E-state index < -0.39 is 0 Å². The Kier molecular flexibility index (Phi) is 3.55. The molecule has 0 saturated carbocycles. The first-order chi connectivity index (χ1) is 6.77. The minimum atomic E-state index is 0.214. The van der Waals surface area contributed by atoms with Crippen molar-refractivity contribution >= 4 is 12.0 Å². The van der Waals surface area contributed by atoms with Crippen molar-refractivity contribution in [2.75, 3.05) is 0 Å². The summed E-state index contributed by atoms with van der Waals surface area (Å²) in [6.45, 7) is 1.80. The van der Waals surface area contributed by atoms with Gasteiger partial charge >= 0.3 is 0 Å². The van der Waals surface area contributed by atoms with Crippen molar-refractivity contribution in [3.8, 4) is 0 Å². The first kappa shape index (κ1) is 10.1. The van der Waals surface area contributed by atoms with Gasteiger partial charge in [0.05, 0.1) is 0 Å². The number of allylic oxidation sites excluding steroid dienone is 1. The maximum Gasteiger partial charge on any atom is 0.169 e. The molecule has 0 bridgehead atoms. The number of nitrogens with two attached hydrogens (primary N) is 1. The molecule has 1 rings (SSSR count). The highest BCUT2D eigenvalue weighted by atomic mass is 16.1. The Morgan fingerprint density at radius 3 is 2.93 bits per heavy atom. The van der Waals surface area contributed by atoms with Gasteiger partial charge in [0.25, 0.3) is 0 Å². The topological polar surface area (TPSA) is 68.3 Å². The molecule has 14 heavy (non-hydrogen) atoms. The monoisotopic (exact) mass is 189 g/mol. The summed E-state index contributed by atoms with van der Waals surface area (Å²) in [4.78, 5) is 18.4. The van der Waals surface area contributed by atoms with Crippen LogP contribution in [0, 0.1) is 0 Å². The number of nitrogens with zero attached hydrogens (tertiary/aromatic N) is 2. The van der Waals surface area contributed by atoms with E-state index >= 15 is 0 Å². The molecule has 2 N–H and O–H groups in total. The van der Waals surface area contributed by atoms with Gasteiger partial charge in [-0.15, -0.1) is 0 Å². The second-order valence-corrected chi connectivity index (χ2v) is 2.65. The first-order valence-corrected chi connectivity index (χ1v) is 4.10. The lowest BCUT2D eigenvalue weighted by Gasteiger charge is -1.98. The summed E-state index contributed by atoms with van der Waals surface area (Å²) in [5.41, 5.74) is 6.99. The van der Waals surface area contributed by atoms with E-state index in [1.807, 2.05) is 6.07 Å². The molecule has 1 aromatic rings. The second-order valence-electron chi connectivity index (χ2n) is 2.65. The van der Waals surface area contributed by atoms with Crippen LogP contribution in [0.2, 0.25) is 0 Å². The zero-order valence-corrected chi connectivity index (χ0v) is 7.84. The molecule has 0 aliphatic heterocycles. The van der Waals surface area contributed by atoms with Gasteiger partial charge < -0.3 is 5.73 Å². The molecule has 0 atom stereocenters. The number of aldehydes is 1. The summed E-state index contributed by atoms with van der Waals surface area (Å²) < 4.78 is 0. The third-order valence-corrected chi connectivity index (χ3v) is 1.67. The van der Waals surface area contributed by atoms with Gasteiger partial charge in [0.2, 0.25) is 0 Å². The van der Waals surface area contributed by atoms with Gasteiger partial charge in [-0.1, -0.05) is 6.07 Å². The highest BCUT2D eigenvalue weighted by Gasteiger charge is 1.97. The second kappa shape index (κ2) is 4.91. The number of carbonyl (C=O) groups is 1. The highest BCUT2D eigenvalue weighted by Crippen LogP contribution is 2.01. The summed E-state index contributed by atoms with van der Waals surface area (Å²) in [6, 6.07) is 3.67. The van der Waals surface area contributed by atoms with Crippen LogP contribution in [0.3, 0.4) is 0 Å². The molecule has 0 aliphatic carbocycles. The molecular formula is C10H11N3O. The lowest BCUT2D eigenvalue weighted by molar-refractivity contribution is -0.104. The summed E-state index contributed by atoms with van der Waals surface area (Å²) in [6.07, 6.45) is 5.14. The van der Waals surface area contributed by atoms with Gasteiger partial charge in [-0.05, 0) is 13.0 Å². The zero-order chi connectivity index (χ0) is 10.4. The lowest BCUT2D eigenvalue weighted by Crippen LogP contribution is -1.98. The van der Waals surface area contributed by atoms with E-state index in [9.17, 15) is 4.79 Å². The van der Waals surface area contributed by atoms with Gasteiger partial charge in [-0.25, -0.2) is 4.99 Å². The number of hydrogen-bond donors (Lipinski definition) is 1. The molecule has 4 nitrogen and oxygen atoms in total. The van der Waals surface area contributed by atoms with Gasteiger partial charge in [0, 0.05) is 29.9 Å². The van der Waals surface area contributed by atoms with E-state index in [0.29, 0.717) is 12.0 Å². The van der Waals surface area contributed by atoms with Crippen molar-refractivity contribution in [3.63, 3.8) is 0 Å². The molecule has 72 valence electrons. The van der Waals surface area contributed by atoms with Crippen LogP contribution in [0.4, 0.5) is 0 Å². The average Bonchev–Trinajstić information content (AvgIpc) is 2.26. The van der Waals surface area contributed by atoms with Crippen molar-refractivity contribution in [1.29, 1.82) is 0 Å². The van der Waals surface area contributed by atoms with Gasteiger partial charge in [-0.3, -0.25) is 9.78 Å². The SMILES string of the molecule is C/C(=N\C(C=O)=C\N)c1cccnc1. The van der Waals surface area contributed by atoms with Crippen LogP contribution in [-0.2, 0) is 4.79 Å². The number of carbonyl (C=O) groups excluding carboxylic acids is 1. The summed E-state index contributed by atoms with van der Waals surface area (Å²) in [7, 11) is 0. The molecule has 0 radical (unpaired) electrons. The Balaban J connectivity index is 2.95. The van der Waals surface area contributed by atoms with Crippen LogP contribution in [0.1, 0.15) is 12.5 Å². The van der Waals surface area contributed by atoms with Crippen molar-refractivity contribution < 1.29 is 4.79 Å². The van der Waals surface area contributed by atoms with E-state index in [2.05, 4.69) is 9.98 Å². The van der Waals surface area contributed by atoms with Crippen molar-refractivity contribution in [2.45, 2.75) is 6.92 Å².